The maximum absolute atomic E-state index is 12.1. The highest BCUT2D eigenvalue weighted by atomic mass is 16.6. The third-order valence-corrected chi connectivity index (χ3v) is 8.95. The van der Waals surface area contributed by atoms with Gasteiger partial charge < -0.3 is 9.84 Å². The Morgan fingerprint density at radius 1 is 1.12 bits per heavy atom. The molecule has 4 aliphatic carbocycles. The van der Waals surface area contributed by atoms with E-state index in [1.165, 1.54) is 6.92 Å². The number of carboxylic acid groups (broad SMARTS) is 1. The molecule has 6 atom stereocenters. The van der Waals surface area contributed by atoms with E-state index in [9.17, 15) is 14.7 Å². The lowest BCUT2D eigenvalue weighted by Crippen LogP contribution is -2.59. The van der Waals surface area contributed by atoms with Gasteiger partial charge in [-0.05, 0) is 86.5 Å². The average Bonchev–Trinajstić information content (AvgIpc) is 2.72. The van der Waals surface area contributed by atoms with Gasteiger partial charge in [-0.25, -0.2) is 0 Å². The van der Waals surface area contributed by atoms with E-state index in [4.69, 9.17) is 4.74 Å². The third kappa shape index (κ3) is 2.13. The normalized spacial score (nSPS) is 49.9. The van der Waals surface area contributed by atoms with Gasteiger partial charge in [0.1, 0.15) is 5.60 Å². The molecule has 4 heteroatoms. The van der Waals surface area contributed by atoms with Crippen molar-refractivity contribution in [2.75, 3.05) is 0 Å². The number of esters is 1. The Balaban J connectivity index is 1.71. The molecule has 0 aromatic carbocycles. The standard InChI is InChI=1S/C22H32O4/c1-14-12-21-10-6-16-19(3,8-5-9-20(16,4)18(24)25)17(21)7-11-22(14,13-21)26-15(2)23/h16-17H,1,5-13H2,2-4H3,(H,24,25). The molecule has 26 heavy (non-hydrogen) atoms. The number of carboxylic acids is 1. The summed E-state index contributed by atoms with van der Waals surface area (Å²) >= 11 is 0. The maximum Gasteiger partial charge on any atom is 0.309 e. The summed E-state index contributed by atoms with van der Waals surface area (Å²) in [7, 11) is 0. The molecule has 4 fully saturated rings. The van der Waals surface area contributed by atoms with E-state index < -0.39 is 17.0 Å². The number of carbonyl (C=O) groups excluding carboxylic acids is 1. The zero-order chi connectivity index (χ0) is 19.0. The van der Waals surface area contributed by atoms with Crippen molar-refractivity contribution < 1.29 is 19.4 Å². The van der Waals surface area contributed by atoms with Crippen molar-refractivity contribution in [1.29, 1.82) is 0 Å². The number of rotatable bonds is 2. The molecule has 1 spiro atoms. The van der Waals surface area contributed by atoms with E-state index >= 15 is 0 Å². The highest BCUT2D eigenvalue weighted by Gasteiger charge is 2.68. The lowest BCUT2D eigenvalue weighted by molar-refractivity contribution is -0.191. The molecule has 1 N–H and O–H groups in total. The first-order valence-corrected chi connectivity index (χ1v) is 10.2. The maximum atomic E-state index is 12.1. The van der Waals surface area contributed by atoms with Crippen LogP contribution in [0.25, 0.3) is 0 Å². The van der Waals surface area contributed by atoms with Crippen molar-refractivity contribution in [3.63, 3.8) is 0 Å². The van der Waals surface area contributed by atoms with Crippen LogP contribution in [-0.4, -0.2) is 22.6 Å². The zero-order valence-corrected chi connectivity index (χ0v) is 16.4. The topological polar surface area (TPSA) is 63.6 Å². The second kappa shape index (κ2) is 5.36. The molecule has 4 saturated carbocycles. The van der Waals surface area contributed by atoms with E-state index in [1.54, 1.807) is 0 Å². The average molecular weight is 360 g/mol. The number of hydrogen-bond acceptors (Lipinski definition) is 3. The number of ether oxygens (including phenoxy) is 1. The fourth-order valence-electron chi connectivity index (χ4n) is 8.02. The van der Waals surface area contributed by atoms with Gasteiger partial charge in [0.15, 0.2) is 0 Å². The summed E-state index contributed by atoms with van der Waals surface area (Å²) in [6.07, 6.45) is 8.65. The number of aliphatic carboxylic acids is 1. The number of hydrogen-bond donors (Lipinski definition) is 1. The second-order valence-corrected chi connectivity index (χ2v) is 10.2. The summed E-state index contributed by atoms with van der Waals surface area (Å²) < 4.78 is 5.84. The Bertz CT molecular complexity index is 684. The lowest BCUT2D eigenvalue weighted by atomic mass is 9.41. The highest BCUT2D eigenvalue weighted by molar-refractivity contribution is 5.75. The van der Waals surface area contributed by atoms with Crippen LogP contribution in [0, 0.1) is 28.1 Å². The molecule has 0 heterocycles. The lowest BCUT2D eigenvalue weighted by Gasteiger charge is -2.63. The minimum Gasteiger partial charge on any atom is -0.481 e. The Kier molecular flexibility index (Phi) is 3.72. The van der Waals surface area contributed by atoms with Gasteiger partial charge in [0.25, 0.3) is 0 Å². The van der Waals surface area contributed by atoms with E-state index in [0.717, 1.165) is 63.4 Å². The van der Waals surface area contributed by atoms with Crippen molar-refractivity contribution in [1.82, 2.24) is 0 Å². The van der Waals surface area contributed by atoms with Crippen molar-refractivity contribution in [2.45, 2.75) is 84.2 Å². The van der Waals surface area contributed by atoms with Crippen LogP contribution in [0.2, 0.25) is 0 Å². The number of carbonyl (C=O) groups is 2. The Hall–Kier alpha value is -1.32. The largest absolute Gasteiger partial charge is 0.481 e. The minimum absolute atomic E-state index is 0.0661. The molecule has 4 rings (SSSR count). The molecule has 144 valence electrons. The van der Waals surface area contributed by atoms with E-state index in [-0.39, 0.29) is 22.7 Å². The van der Waals surface area contributed by atoms with Gasteiger partial charge in [0.2, 0.25) is 0 Å². The van der Waals surface area contributed by atoms with Crippen LogP contribution in [0.4, 0.5) is 0 Å². The van der Waals surface area contributed by atoms with Gasteiger partial charge in [-0.3, -0.25) is 9.59 Å². The van der Waals surface area contributed by atoms with Gasteiger partial charge in [-0.1, -0.05) is 19.9 Å². The SMILES string of the molecule is C=C1CC23CCC4C(C)(C(=O)O)CCCC4(C)C2CCC1(OC(C)=O)C3. The van der Waals surface area contributed by atoms with Crippen molar-refractivity contribution in [3.05, 3.63) is 12.2 Å². The summed E-state index contributed by atoms with van der Waals surface area (Å²) in [5.74, 6) is -0.0782. The van der Waals surface area contributed by atoms with Crippen LogP contribution in [0.5, 0.6) is 0 Å². The Morgan fingerprint density at radius 3 is 2.46 bits per heavy atom. The van der Waals surface area contributed by atoms with E-state index in [1.807, 2.05) is 6.92 Å². The van der Waals surface area contributed by atoms with Crippen LogP contribution in [0.15, 0.2) is 12.2 Å². The summed E-state index contributed by atoms with van der Waals surface area (Å²) in [4.78, 5) is 23.9. The molecular formula is C22H32O4. The van der Waals surface area contributed by atoms with Crippen LogP contribution in [0.3, 0.4) is 0 Å². The van der Waals surface area contributed by atoms with Crippen molar-refractivity contribution in [2.24, 2.45) is 28.1 Å². The Labute approximate surface area is 156 Å². The molecule has 2 bridgehead atoms. The second-order valence-electron chi connectivity index (χ2n) is 10.2. The predicted octanol–water partition coefficient (Wildman–Crippen LogP) is 4.73. The molecule has 6 unspecified atom stereocenters. The monoisotopic (exact) mass is 360 g/mol. The Morgan fingerprint density at radius 2 is 1.81 bits per heavy atom. The first-order chi connectivity index (χ1) is 12.1. The van der Waals surface area contributed by atoms with Gasteiger partial charge in [0, 0.05) is 6.92 Å². The fourth-order valence-corrected chi connectivity index (χ4v) is 8.02. The molecular weight excluding hydrogens is 328 g/mol. The van der Waals surface area contributed by atoms with Gasteiger partial charge in [0.05, 0.1) is 5.41 Å². The molecule has 4 aliphatic rings. The van der Waals surface area contributed by atoms with Crippen LogP contribution in [-0.2, 0) is 14.3 Å². The molecule has 0 saturated heterocycles. The molecule has 0 aliphatic heterocycles. The van der Waals surface area contributed by atoms with Crippen molar-refractivity contribution in [3.8, 4) is 0 Å². The summed E-state index contributed by atoms with van der Waals surface area (Å²) in [5, 5.41) is 9.99. The third-order valence-electron chi connectivity index (χ3n) is 8.95. The van der Waals surface area contributed by atoms with Gasteiger partial charge >= 0.3 is 11.9 Å². The number of fused-ring (bicyclic) bond motifs is 3. The fraction of sp³-hybridized carbons (Fsp3) is 0.818. The van der Waals surface area contributed by atoms with E-state index in [2.05, 4.69) is 13.5 Å². The van der Waals surface area contributed by atoms with Crippen LogP contribution < -0.4 is 0 Å². The predicted molar refractivity (Wildman–Crippen MR) is 98.5 cm³/mol. The van der Waals surface area contributed by atoms with Crippen LogP contribution >= 0.6 is 0 Å². The quantitative estimate of drug-likeness (QED) is 0.571. The molecule has 0 aromatic rings. The first kappa shape index (κ1) is 18.1. The molecule has 0 amide bonds. The van der Waals surface area contributed by atoms with Crippen LogP contribution in [0.1, 0.15) is 78.6 Å². The molecule has 0 radical (unpaired) electrons. The minimum atomic E-state index is -0.620. The molecule has 4 nitrogen and oxygen atoms in total. The summed E-state index contributed by atoms with van der Waals surface area (Å²) in [6.45, 7) is 10.2. The molecule has 0 aromatic heterocycles. The van der Waals surface area contributed by atoms with Crippen molar-refractivity contribution >= 4 is 11.9 Å². The summed E-state index contributed by atoms with van der Waals surface area (Å²) in [6, 6.07) is 0. The van der Waals surface area contributed by atoms with Gasteiger partial charge in [-0.15, -0.1) is 0 Å². The highest BCUT2D eigenvalue weighted by Crippen LogP contribution is 2.73. The van der Waals surface area contributed by atoms with Gasteiger partial charge in [-0.2, -0.15) is 0 Å². The first-order valence-electron chi connectivity index (χ1n) is 10.2. The van der Waals surface area contributed by atoms with E-state index in [0.29, 0.717) is 5.92 Å². The smallest absolute Gasteiger partial charge is 0.309 e. The summed E-state index contributed by atoms with van der Waals surface area (Å²) in [5.41, 5.74) is 0.239. The zero-order valence-electron chi connectivity index (χ0n) is 16.4.